The number of halogens is 3. The molecule has 1 aromatic heterocycles. The lowest BCUT2D eigenvalue weighted by atomic mass is 9.99. The molecule has 0 radical (unpaired) electrons. The monoisotopic (exact) mass is 662 g/mol. The van der Waals surface area contributed by atoms with E-state index in [0.29, 0.717) is 35.4 Å². The Morgan fingerprint density at radius 3 is 2.67 bits per heavy atom. The average molecular weight is 663 g/mol. The predicted molar refractivity (Wildman–Crippen MR) is 178 cm³/mol. The number of carbonyl (C=O) groups excluding carboxylic acids is 1. The van der Waals surface area contributed by atoms with E-state index in [0.717, 1.165) is 27.9 Å². The van der Waals surface area contributed by atoms with Crippen molar-refractivity contribution in [1.82, 2.24) is 20.1 Å². The Labute approximate surface area is 274 Å². The van der Waals surface area contributed by atoms with Crippen molar-refractivity contribution in [2.45, 2.75) is 39.5 Å². The highest BCUT2D eigenvalue weighted by Gasteiger charge is 2.32. The summed E-state index contributed by atoms with van der Waals surface area (Å²) in [6, 6.07) is 18.9. The maximum absolute atomic E-state index is 12.8. The quantitative estimate of drug-likeness (QED) is 0.129. The molecule has 1 aliphatic heterocycles. The fourth-order valence-electron chi connectivity index (χ4n) is 4.60. The third-order valence-corrected chi connectivity index (χ3v) is 7.88. The van der Waals surface area contributed by atoms with E-state index >= 15 is 0 Å². The summed E-state index contributed by atoms with van der Waals surface area (Å²) < 4.78 is 42.7. The van der Waals surface area contributed by atoms with E-state index < -0.39 is 6.36 Å². The predicted octanol–water partition coefficient (Wildman–Crippen LogP) is 7.02. The molecule has 1 fully saturated rings. The first-order chi connectivity index (χ1) is 22.0. The molecule has 5 rings (SSSR count). The van der Waals surface area contributed by atoms with Gasteiger partial charge in [0.25, 0.3) is 0 Å². The van der Waals surface area contributed by atoms with Crippen molar-refractivity contribution < 1.29 is 22.7 Å². The van der Waals surface area contributed by atoms with E-state index in [2.05, 4.69) is 56.9 Å². The number of thiocarbonyl (C=S) groups is 1. The minimum atomic E-state index is -4.76. The van der Waals surface area contributed by atoms with Gasteiger partial charge in [0.1, 0.15) is 12.1 Å². The van der Waals surface area contributed by atoms with Crippen molar-refractivity contribution in [3.8, 4) is 34.7 Å². The van der Waals surface area contributed by atoms with E-state index in [1.165, 1.54) is 47.0 Å². The SMILES string of the molecule is Cc1ccc(C(C)C)c(N2C(=O)CSC2=NC(=S)NCCC#Cc2cccc(-c3ncn(-c4ccc(OC(F)(F)F)cc4)n3)c2)c1. The minimum Gasteiger partial charge on any atom is -0.406 e. The summed E-state index contributed by atoms with van der Waals surface area (Å²) >= 11 is 6.82. The highest BCUT2D eigenvalue weighted by molar-refractivity contribution is 8.15. The number of amides is 1. The smallest absolute Gasteiger partial charge is 0.406 e. The number of ether oxygens (including phenoxy) is 1. The highest BCUT2D eigenvalue weighted by atomic mass is 32.2. The van der Waals surface area contributed by atoms with Crippen LogP contribution in [0.2, 0.25) is 0 Å². The highest BCUT2D eigenvalue weighted by Crippen LogP contribution is 2.34. The summed E-state index contributed by atoms with van der Waals surface area (Å²) in [4.78, 5) is 23.4. The molecule has 13 heteroatoms. The van der Waals surface area contributed by atoms with Crippen LogP contribution in [0, 0.1) is 18.8 Å². The Bertz CT molecular complexity index is 1840. The number of aliphatic imine (C=N–C) groups is 1. The number of aromatic nitrogens is 3. The Morgan fingerprint density at radius 2 is 1.93 bits per heavy atom. The maximum atomic E-state index is 12.8. The Balaban J connectivity index is 1.18. The second kappa shape index (κ2) is 14.2. The first kappa shape index (κ1) is 32.7. The molecule has 3 aromatic carbocycles. The maximum Gasteiger partial charge on any atom is 0.573 e. The second-order valence-electron chi connectivity index (χ2n) is 10.5. The fourth-order valence-corrected chi connectivity index (χ4v) is 5.71. The van der Waals surface area contributed by atoms with Crippen LogP contribution in [0.5, 0.6) is 5.75 Å². The number of aryl methyl sites for hydroxylation is 1. The van der Waals surface area contributed by atoms with E-state index in [-0.39, 0.29) is 22.7 Å². The van der Waals surface area contributed by atoms with Crippen LogP contribution in [0.15, 0.2) is 78.0 Å². The number of thioether (sulfide) groups is 1. The molecule has 1 N–H and O–H groups in total. The Kier molecular flexibility index (Phi) is 10.1. The molecule has 4 aromatic rings. The van der Waals surface area contributed by atoms with E-state index in [1.54, 1.807) is 4.90 Å². The van der Waals surface area contributed by atoms with Gasteiger partial charge < -0.3 is 10.1 Å². The van der Waals surface area contributed by atoms with Gasteiger partial charge in [-0.15, -0.1) is 18.3 Å². The molecule has 1 aliphatic rings. The molecule has 0 spiro atoms. The van der Waals surface area contributed by atoms with Gasteiger partial charge in [0.2, 0.25) is 5.91 Å². The lowest BCUT2D eigenvalue weighted by molar-refractivity contribution is -0.274. The van der Waals surface area contributed by atoms with Crippen LogP contribution in [-0.2, 0) is 4.79 Å². The number of rotatable bonds is 7. The number of nitrogens with zero attached hydrogens (tertiary/aromatic N) is 5. The summed E-state index contributed by atoms with van der Waals surface area (Å²) in [6.07, 6.45) is -2.77. The lowest BCUT2D eigenvalue weighted by Crippen LogP contribution is -2.32. The first-order valence-electron chi connectivity index (χ1n) is 14.3. The molecule has 236 valence electrons. The molecule has 2 heterocycles. The van der Waals surface area contributed by atoms with Crippen LogP contribution in [0.4, 0.5) is 18.9 Å². The van der Waals surface area contributed by atoms with Crippen molar-refractivity contribution in [2.24, 2.45) is 4.99 Å². The number of carbonyl (C=O) groups is 1. The number of alkyl halides is 3. The number of anilines is 1. The van der Waals surface area contributed by atoms with Crippen molar-refractivity contribution in [3.63, 3.8) is 0 Å². The summed E-state index contributed by atoms with van der Waals surface area (Å²) in [7, 11) is 0. The van der Waals surface area contributed by atoms with Gasteiger partial charge in [0, 0.05) is 24.1 Å². The van der Waals surface area contributed by atoms with E-state index in [4.69, 9.17) is 12.2 Å². The zero-order valence-electron chi connectivity index (χ0n) is 25.1. The van der Waals surface area contributed by atoms with Crippen LogP contribution in [0.25, 0.3) is 17.1 Å². The Hall–Kier alpha value is -4.67. The number of hydrogen-bond donors (Lipinski definition) is 1. The van der Waals surface area contributed by atoms with Crippen LogP contribution >= 0.6 is 24.0 Å². The van der Waals surface area contributed by atoms with E-state index in [9.17, 15) is 18.0 Å². The van der Waals surface area contributed by atoms with Gasteiger partial charge in [0.05, 0.1) is 17.1 Å². The molecule has 0 bridgehead atoms. The third kappa shape index (κ3) is 8.32. The normalized spacial score (nSPS) is 14.0. The molecule has 0 saturated carbocycles. The summed E-state index contributed by atoms with van der Waals surface area (Å²) in [5.41, 5.74) is 5.01. The zero-order chi connectivity index (χ0) is 32.8. The van der Waals surface area contributed by atoms with Crippen molar-refractivity contribution in [2.75, 3.05) is 17.2 Å². The average Bonchev–Trinajstić information content (AvgIpc) is 3.63. The zero-order valence-corrected chi connectivity index (χ0v) is 26.8. The number of benzene rings is 3. The number of hydrogen-bond acceptors (Lipinski definition) is 6. The second-order valence-corrected chi connectivity index (χ2v) is 11.9. The third-order valence-electron chi connectivity index (χ3n) is 6.72. The van der Waals surface area contributed by atoms with Gasteiger partial charge in [-0.3, -0.25) is 9.69 Å². The molecule has 0 atom stereocenters. The minimum absolute atomic E-state index is 0.0253. The first-order valence-corrected chi connectivity index (χ1v) is 15.7. The molecule has 0 unspecified atom stereocenters. The molecule has 1 amide bonds. The number of amidine groups is 1. The fraction of sp³-hybridized carbons (Fsp3) is 0.242. The molecular weight excluding hydrogens is 634 g/mol. The van der Waals surface area contributed by atoms with Crippen molar-refractivity contribution >= 4 is 45.9 Å². The lowest BCUT2D eigenvalue weighted by Gasteiger charge is -2.22. The molecule has 0 aliphatic carbocycles. The molecular formula is C33H29F3N6O2S2. The van der Waals surface area contributed by atoms with Gasteiger partial charge in [-0.25, -0.2) is 9.67 Å². The Morgan fingerprint density at radius 1 is 1.15 bits per heavy atom. The van der Waals surface area contributed by atoms with E-state index in [1.807, 2.05) is 43.3 Å². The largest absolute Gasteiger partial charge is 0.573 e. The van der Waals surface area contributed by atoms with Crippen molar-refractivity contribution in [3.05, 3.63) is 89.7 Å². The standard InChI is InChI=1S/C33H29F3N6O2S2/c1-21(2)27-15-10-22(3)17-28(27)42-29(43)19-46-32(42)39-31(45)37-16-5-4-7-23-8-6-9-24(18-23)30-38-20-41(40-30)25-11-13-26(14-12-25)44-33(34,35)36/h6,8-15,17-18,20-21H,5,16,19H2,1-3H3,(H,37,45). The van der Waals surface area contributed by atoms with Crippen LogP contribution < -0.4 is 15.0 Å². The van der Waals surface area contributed by atoms with Crippen LogP contribution in [-0.4, -0.2) is 49.6 Å². The summed E-state index contributed by atoms with van der Waals surface area (Å²) in [6.45, 7) is 6.66. The molecule has 8 nitrogen and oxygen atoms in total. The van der Waals surface area contributed by atoms with Crippen LogP contribution in [0.3, 0.4) is 0 Å². The number of nitrogens with one attached hydrogen (secondary N) is 1. The summed E-state index contributed by atoms with van der Waals surface area (Å²) in [5, 5.41) is 8.39. The molecule has 46 heavy (non-hydrogen) atoms. The van der Waals surface area contributed by atoms with Gasteiger partial charge in [-0.05, 0) is 78.7 Å². The summed E-state index contributed by atoms with van der Waals surface area (Å²) in [5.74, 6) is 6.89. The van der Waals surface area contributed by atoms with Gasteiger partial charge in [-0.1, -0.05) is 61.7 Å². The molecule has 1 saturated heterocycles. The van der Waals surface area contributed by atoms with Crippen LogP contribution in [0.1, 0.15) is 42.9 Å². The topological polar surface area (TPSA) is 84.6 Å². The van der Waals surface area contributed by atoms with Gasteiger partial charge >= 0.3 is 6.36 Å². The van der Waals surface area contributed by atoms with Crippen molar-refractivity contribution in [1.29, 1.82) is 0 Å². The van der Waals surface area contributed by atoms with Gasteiger partial charge in [0.15, 0.2) is 16.1 Å². The van der Waals surface area contributed by atoms with Gasteiger partial charge in [-0.2, -0.15) is 4.99 Å².